The molecule has 1 saturated heterocycles. The quantitative estimate of drug-likeness (QED) is 0.623. The highest BCUT2D eigenvalue weighted by atomic mass is 32.2. The van der Waals surface area contributed by atoms with Gasteiger partial charge in [0, 0.05) is 42.2 Å². The number of Topliss-reactive ketones (excluding diaryl/α,β-unsaturated/α-hetero) is 1. The van der Waals surface area contributed by atoms with Gasteiger partial charge in [0.1, 0.15) is 0 Å². The Kier molecular flexibility index (Phi) is 5.27. The van der Waals surface area contributed by atoms with Gasteiger partial charge in [-0.05, 0) is 44.2 Å². The highest BCUT2D eigenvalue weighted by Crippen LogP contribution is 2.23. The topological polar surface area (TPSA) is 55.2 Å². The van der Waals surface area contributed by atoms with E-state index in [9.17, 15) is 9.59 Å². The van der Waals surface area contributed by atoms with Crippen LogP contribution < -0.4 is 0 Å². The summed E-state index contributed by atoms with van der Waals surface area (Å²) in [6.07, 6.45) is 3.69. The van der Waals surface area contributed by atoms with Gasteiger partial charge < -0.3 is 4.90 Å². The van der Waals surface area contributed by atoms with Crippen LogP contribution in [-0.4, -0.2) is 45.7 Å². The molecule has 0 saturated carbocycles. The Labute approximate surface area is 152 Å². The van der Waals surface area contributed by atoms with Crippen LogP contribution in [0, 0.1) is 12.8 Å². The van der Waals surface area contributed by atoms with Crippen LogP contribution in [0.3, 0.4) is 0 Å². The number of hydrogen-bond acceptors (Lipinski definition) is 4. The van der Waals surface area contributed by atoms with Crippen LogP contribution in [-0.2, 0) is 7.05 Å². The van der Waals surface area contributed by atoms with E-state index in [0.717, 1.165) is 29.0 Å². The van der Waals surface area contributed by atoms with E-state index in [-0.39, 0.29) is 17.6 Å². The van der Waals surface area contributed by atoms with Gasteiger partial charge in [0.05, 0.1) is 0 Å². The van der Waals surface area contributed by atoms with Crippen molar-refractivity contribution in [3.05, 3.63) is 47.3 Å². The second-order valence-electron chi connectivity index (χ2n) is 6.48. The summed E-state index contributed by atoms with van der Waals surface area (Å²) >= 11 is 1.66. The van der Waals surface area contributed by atoms with E-state index in [4.69, 9.17) is 0 Å². The molecular formula is C19H23N3O2S. The molecule has 1 fully saturated rings. The fraction of sp³-hybridized carbons (Fsp3) is 0.421. The smallest absolute Gasteiger partial charge is 0.274 e. The van der Waals surface area contributed by atoms with Crippen molar-refractivity contribution in [1.29, 1.82) is 0 Å². The van der Waals surface area contributed by atoms with Crippen LogP contribution in [0.25, 0.3) is 0 Å². The number of carbonyl (C=O) groups is 2. The van der Waals surface area contributed by atoms with Crippen LogP contribution in [0.15, 0.2) is 35.2 Å². The molecule has 1 atom stereocenters. The van der Waals surface area contributed by atoms with E-state index in [1.807, 2.05) is 44.5 Å². The number of aromatic nitrogens is 2. The third-order valence-corrected chi connectivity index (χ3v) is 5.53. The van der Waals surface area contributed by atoms with Crippen LogP contribution in [0.5, 0.6) is 0 Å². The fourth-order valence-corrected chi connectivity index (χ4v) is 3.60. The average molecular weight is 357 g/mol. The minimum absolute atomic E-state index is 0.0843. The standard InChI is InChI=1S/C19H23N3O2S/c1-13-11-17(20-21(13)2)19(24)22-10-4-5-15(12-22)18(23)14-6-8-16(25-3)9-7-14/h6-9,11,15H,4-5,10,12H2,1-3H3/t15-/m1/s1. The minimum atomic E-state index is -0.136. The first kappa shape index (κ1) is 17.7. The van der Waals surface area contributed by atoms with Crippen molar-refractivity contribution in [3.63, 3.8) is 0 Å². The number of nitrogens with zero attached hydrogens (tertiary/aromatic N) is 3. The molecule has 0 radical (unpaired) electrons. The van der Waals surface area contributed by atoms with E-state index >= 15 is 0 Å². The van der Waals surface area contributed by atoms with Crippen LogP contribution in [0.4, 0.5) is 0 Å². The highest BCUT2D eigenvalue weighted by Gasteiger charge is 2.30. The summed E-state index contributed by atoms with van der Waals surface area (Å²) in [5.41, 5.74) is 2.13. The molecule has 2 heterocycles. The summed E-state index contributed by atoms with van der Waals surface area (Å²) in [5, 5.41) is 4.27. The third-order valence-electron chi connectivity index (χ3n) is 4.79. The molecule has 1 amide bonds. The Morgan fingerprint density at radius 3 is 2.56 bits per heavy atom. The molecule has 0 aliphatic carbocycles. The number of aryl methyl sites for hydroxylation is 2. The summed E-state index contributed by atoms with van der Waals surface area (Å²) < 4.78 is 1.70. The number of piperidine rings is 1. The molecule has 0 unspecified atom stereocenters. The van der Waals surface area contributed by atoms with Gasteiger partial charge in [-0.3, -0.25) is 14.3 Å². The first-order valence-electron chi connectivity index (χ1n) is 8.47. The average Bonchev–Trinajstić information content (AvgIpc) is 2.99. The van der Waals surface area contributed by atoms with Crippen molar-refractivity contribution >= 4 is 23.5 Å². The predicted octanol–water partition coefficient (Wildman–Crippen LogP) is 3.19. The Bertz CT molecular complexity index is 763. The number of benzene rings is 1. The molecule has 0 spiro atoms. The number of carbonyl (C=O) groups excluding carboxylic acids is 2. The molecule has 0 bridgehead atoms. The van der Waals surface area contributed by atoms with Gasteiger partial charge in [-0.25, -0.2) is 0 Å². The van der Waals surface area contributed by atoms with Gasteiger partial charge >= 0.3 is 0 Å². The molecule has 132 valence electrons. The minimum Gasteiger partial charge on any atom is -0.337 e. The van der Waals surface area contributed by atoms with Crippen LogP contribution >= 0.6 is 11.8 Å². The molecule has 0 N–H and O–H groups in total. The highest BCUT2D eigenvalue weighted by molar-refractivity contribution is 7.98. The van der Waals surface area contributed by atoms with Crippen LogP contribution in [0.1, 0.15) is 39.4 Å². The molecular weight excluding hydrogens is 334 g/mol. The molecule has 5 nitrogen and oxygen atoms in total. The first-order chi connectivity index (χ1) is 12.0. The van der Waals surface area contributed by atoms with Gasteiger partial charge in [0.2, 0.25) is 0 Å². The van der Waals surface area contributed by atoms with E-state index in [0.29, 0.717) is 18.8 Å². The lowest BCUT2D eigenvalue weighted by molar-refractivity contribution is 0.0631. The predicted molar refractivity (Wildman–Crippen MR) is 99.1 cm³/mol. The number of thioether (sulfide) groups is 1. The van der Waals surface area contributed by atoms with Gasteiger partial charge in [-0.2, -0.15) is 5.10 Å². The lowest BCUT2D eigenvalue weighted by Gasteiger charge is -2.31. The summed E-state index contributed by atoms with van der Waals surface area (Å²) in [7, 11) is 1.83. The maximum absolute atomic E-state index is 12.8. The van der Waals surface area contributed by atoms with Crippen molar-refractivity contribution in [2.24, 2.45) is 13.0 Å². The largest absolute Gasteiger partial charge is 0.337 e. The molecule has 3 rings (SSSR count). The number of ketones is 1. The number of hydrogen-bond donors (Lipinski definition) is 0. The van der Waals surface area contributed by atoms with Gasteiger partial charge in [0.15, 0.2) is 11.5 Å². The maximum Gasteiger partial charge on any atom is 0.274 e. The Morgan fingerprint density at radius 2 is 1.96 bits per heavy atom. The van der Waals surface area contributed by atoms with E-state index in [2.05, 4.69) is 5.10 Å². The zero-order valence-electron chi connectivity index (χ0n) is 14.9. The van der Waals surface area contributed by atoms with Gasteiger partial charge in [-0.15, -0.1) is 11.8 Å². The first-order valence-corrected chi connectivity index (χ1v) is 9.70. The molecule has 1 aromatic heterocycles. The summed E-state index contributed by atoms with van der Waals surface area (Å²) in [4.78, 5) is 28.4. The SMILES string of the molecule is CSc1ccc(C(=O)[C@@H]2CCCN(C(=O)c3cc(C)n(C)n3)C2)cc1. The summed E-state index contributed by atoms with van der Waals surface area (Å²) in [6, 6.07) is 9.52. The Balaban J connectivity index is 1.71. The normalized spacial score (nSPS) is 17.6. The Morgan fingerprint density at radius 1 is 1.24 bits per heavy atom. The van der Waals surface area contributed by atoms with Gasteiger partial charge in [-0.1, -0.05) is 12.1 Å². The van der Waals surface area contributed by atoms with E-state index < -0.39 is 0 Å². The van der Waals surface area contributed by atoms with E-state index in [1.54, 1.807) is 27.4 Å². The lowest BCUT2D eigenvalue weighted by Crippen LogP contribution is -2.42. The summed E-state index contributed by atoms with van der Waals surface area (Å²) in [6.45, 7) is 3.08. The second kappa shape index (κ2) is 7.44. The van der Waals surface area contributed by atoms with Crippen molar-refractivity contribution in [1.82, 2.24) is 14.7 Å². The molecule has 1 aliphatic heterocycles. The van der Waals surface area contributed by atoms with Crippen molar-refractivity contribution in [2.45, 2.75) is 24.7 Å². The van der Waals surface area contributed by atoms with Crippen LogP contribution in [0.2, 0.25) is 0 Å². The maximum atomic E-state index is 12.8. The molecule has 25 heavy (non-hydrogen) atoms. The third kappa shape index (κ3) is 3.79. The molecule has 2 aromatic rings. The number of likely N-dealkylation sites (tertiary alicyclic amines) is 1. The monoisotopic (exact) mass is 357 g/mol. The lowest BCUT2D eigenvalue weighted by atomic mass is 9.90. The molecule has 6 heteroatoms. The number of rotatable bonds is 4. The zero-order valence-corrected chi connectivity index (χ0v) is 15.7. The fourth-order valence-electron chi connectivity index (χ4n) is 3.19. The summed E-state index contributed by atoms with van der Waals surface area (Å²) in [5.74, 6) is -0.0936. The van der Waals surface area contributed by atoms with Gasteiger partial charge in [0.25, 0.3) is 5.91 Å². The van der Waals surface area contributed by atoms with E-state index in [1.165, 1.54) is 0 Å². The van der Waals surface area contributed by atoms with Crippen molar-refractivity contribution in [3.8, 4) is 0 Å². The Hall–Kier alpha value is -2.08. The number of amides is 1. The zero-order chi connectivity index (χ0) is 18.0. The van der Waals surface area contributed by atoms with Crippen molar-refractivity contribution < 1.29 is 9.59 Å². The molecule has 1 aliphatic rings. The molecule has 1 aromatic carbocycles. The second-order valence-corrected chi connectivity index (χ2v) is 7.36. The van der Waals surface area contributed by atoms with Crippen molar-refractivity contribution in [2.75, 3.05) is 19.3 Å².